The van der Waals surface area contributed by atoms with E-state index in [0.717, 1.165) is 41.5 Å². The predicted octanol–water partition coefficient (Wildman–Crippen LogP) is 5.34. The average Bonchev–Trinajstić information content (AvgIpc) is 3.58. The third-order valence-corrected chi connectivity index (χ3v) is 7.12. The molecule has 4 atom stereocenters. The molecule has 0 heterocycles. The molecule has 0 bridgehead atoms. The number of aryl methyl sites for hydroxylation is 2. The van der Waals surface area contributed by atoms with Crippen LogP contribution in [0.15, 0.2) is 42.5 Å². The van der Waals surface area contributed by atoms with Crippen LogP contribution in [-0.2, 0) is 20.7 Å². The van der Waals surface area contributed by atoms with Crippen LogP contribution in [0.3, 0.4) is 0 Å². The summed E-state index contributed by atoms with van der Waals surface area (Å²) in [6, 6.07) is 10.5. The van der Waals surface area contributed by atoms with E-state index >= 15 is 0 Å². The lowest BCUT2D eigenvalue weighted by Gasteiger charge is -2.36. The molecule has 1 aliphatic rings. The van der Waals surface area contributed by atoms with Crippen molar-refractivity contribution >= 4 is 17.9 Å². The number of nitrogens with one attached hydrogen (secondary N) is 2. The second kappa shape index (κ2) is 13.2. The lowest BCUT2D eigenvalue weighted by molar-refractivity contribution is -0.143. The van der Waals surface area contributed by atoms with Gasteiger partial charge >= 0.3 is 6.09 Å². The van der Waals surface area contributed by atoms with E-state index in [2.05, 4.69) is 24.5 Å². The van der Waals surface area contributed by atoms with E-state index in [4.69, 9.17) is 4.74 Å². The number of hydrogen-bond donors (Lipinski definition) is 3. The summed E-state index contributed by atoms with van der Waals surface area (Å²) >= 11 is 0. The van der Waals surface area contributed by atoms with Crippen molar-refractivity contribution in [3.05, 3.63) is 64.7 Å². The minimum atomic E-state index is -0.983. The van der Waals surface area contributed by atoms with Crippen LogP contribution in [0, 0.1) is 19.8 Å². The highest BCUT2D eigenvalue weighted by Crippen LogP contribution is 2.41. The van der Waals surface area contributed by atoms with Crippen LogP contribution >= 0.6 is 0 Å². The zero-order valence-electron chi connectivity index (χ0n) is 24.9. The zero-order chi connectivity index (χ0) is 29.6. The number of hydrogen-bond acceptors (Lipinski definition) is 5. The van der Waals surface area contributed by atoms with E-state index in [1.54, 1.807) is 49.9 Å². The molecule has 0 spiro atoms. The Morgan fingerprint density at radius 3 is 2.30 bits per heavy atom. The maximum Gasteiger partial charge on any atom is 0.408 e. The fourth-order valence-electron chi connectivity index (χ4n) is 4.90. The minimum Gasteiger partial charge on any atom is -0.508 e. The number of benzene rings is 2. The van der Waals surface area contributed by atoms with Crippen molar-refractivity contribution in [2.75, 3.05) is 6.54 Å². The summed E-state index contributed by atoms with van der Waals surface area (Å²) in [4.78, 5) is 42.9. The molecule has 0 aliphatic heterocycles. The second-order valence-electron chi connectivity index (χ2n) is 12.0. The molecule has 1 saturated carbocycles. The number of phenols is 1. The number of rotatable bonds is 11. The van der Waals surface area contributed by atoms with Gasteiger partial charge in [0.25, 0.3) is 0 Å². The van der Waals surface area contributed by atoms with Gasteiger partial charge in [0.1, 0.15) is 23.4 Å². The molecule has 0 radical (unpaired) electrons. The fourth-order valence-corrected chi connectivity index (χ4v) is 4.90. The summed E-state index contributed by atoms with van der Waals surface area (Å²) in [6.45, 7) is 13.9. The van der Waals surface area contributed by atoms with E-state index in [-0.39, 0.29) is 35.9 Å². The lowest BCUT2D eigenvalue weighted by atomic mass is 9.95. The molecule has 4 unspecified atom stereocenters. The van der Waals surface area contributed by atoms with Crippen LogP contribution in [0.2, 0.25) is 0 Å². The van der Waals surface area contributed by atoms with Crippen LogP contribution in [0.1, 0.15) is 82.2 Å². The van der Waals surface area contributed by atoms with E-state index in [9.17, 15) is 19.5 Å². The summed E-state index contributed by atoms with van der Waals surface area (Å²) in [7, 11) is 0. The van der Waals surface area contributed by atoms with Crippen LogP contribution in [0.25, 0.3) is 0 Å². The molecule has 0 aromatic heterocycles. The van der Waals surface area contributed by atoms with Gasteiger partial charge in [-0.05, 0) is 82.2 Å². The van der Waals surface area contributed by atoms with E-state index < -0.39 is 23.8 Å². The van der Waals surface area contributed by atoms with Crippen molar-refractivity contribution < 1.29 is 24.2 Å². The molecule has 218 valence electrons. The first-order chi connectivity index (χ1) is 18.8. The molecule has 2 aromatic rings. The zero-order valence-corrected chi connectivity index (χ0v) is 24.9. The Morgan fingerprint density at radius 1 is 1.10 bits per heavy atom. The molecule has 8 heteroatoms. The number of alkyl carbamates (subject to hydrolysis) is 1. The molecule has 3 amide bonds. The van der Waals surface area contributed by atoms with E-state index in [1.807, 2.05) is 32.0 Å². The summed E-state index contributed by atoms with van der Waals surface area (Å²) in [5.41, 5.74) is 2.78. The van der Waals surface area contributed by atoms with Crippen molar-refractivity contribution in [2.24, 2.45) is 5.92 Å². The van der Waals surface area contributed by atoms with Gasteiger partial charge in [0.2, 0.25) is 11.8 Å². The highest BCUT2D eigenvalue weighted by Gasteiger charge is 2.48. The SMILES string of the molecule is CCCCNC(=O)C(c1ccc(C)cc1C)N(C(=O)C(Cc1ccc(O)cc1)NC(=O)OC(C)(C)C)C1CC1C. The molecule has 1 fully saturated rings. The summed E-state index contributed by atoms with van der Waals surface area (Å²) < 4.78 is 5.50. The predicted molar refractivity (Wildman–Crippen MR) is 156 cm³/mol. The Kier molecular flexibility index (Phi) is 10.2. The second-order valence-corrected chi connectivity index (χ2v) is 12.0. The van der Waals surface area contributed by atoms with Gasteiger partial charge in [0.05, 0.1) is 0 Å². The van der Waals surface area contributed by atoms with Gasteiger partial charge in [-0.15, -0.1) is 0 Å². The van der Waals surface area contributed by atoms with Crippen molar-refractivity contribution in [1.82, 2.24) is 15.5 Å². The van der Waals surface area contributed by atoms with Crippen LogP contribution in [0.5, 0.6) is 5.75 Å². The quantitative estimate of drug-likeness (QED) is 0.327. The molecule has 2 aromatic carbocycles. The van der Waals surface area contributed by atoms with Gasteiger partial charge in [0.15, 0.2) is 0 Å². The number of nitrogens with zero attached hydrogens (tertiary/aromatic N) is 1. The molecule has 1 aliphatic carbocycles. The first-order valence-corrected chi connectivity index (χ1v) is 14.2. The Balaban J connectivity index is 2.05. The molecule has 8 nitrogen and oxygen atoms in total. The Bertz CT molecular complexity index is 1190. The van der Waals surface area contributed by atoms with Crippen LogP contribution < -0.4 is 10.6 Å². The number of ether oxygens (including phenoxy) is 1. The van der Waals surface area contributed by atoms with Crippen LogP contribution in [0.4, 0.5) is 4.79 Å². The normalized spacial score (nSPS) is 17.9. The fraction of sp³-hybridized carbons (Fsp3) is 0.531. The number of amides is 3. The van der Waals surface area contributed by atoms with Crippen molar-refractivity contribution in [1.29, 1.82) is 0 Å². The first kappa shape index (κ1) is 31.0. The van der Waals surface area contributed by atoms with Gasteiger partial charge in [-0.2, -0.15) is 0 Å². The lowest BCUT2D eigenvalue weighted by Crippen LogP contribution is -2.55. The number of phenolic OH excluding ortho intramolecular Hbond substituents is 1. The highest BCUT2D eigenvalue weighted by molar-refractivity contribution is 5.93. The van der Waals surface area contributed by atoms with E-state index in [1.165, 1.54) is 0 Å². The van der Waals surface area contributed by atoms with Gasteiger partial charge < -0.3 is 25.4 Å². The largest absolute Gasteiger partial charge is 0.508 e. The summed E-state index contributed by atoms with van der Waals surface area (Å²) in [5.74, 6) is -0.243. The number of carbonyl (C=O) groups excluding carboxylic acids is 3. The van der Waals surface area contributed by atoms with Crippen molar-refractivity contribution in [2.45, 2.75) is 97.9 Å². The van der Waals surface area contributed by atoms with Gasteiger partial charge in [0, 0.05) is 19.0 Å². The monoisotopic (exact) mass is 551 g/mol. The molecule has 3 N–H and O–H groups in total. The smallest absolute Gasteiger partial charge is 0.408 e. The third kappa shape index (κ3) is 8.47. The van der Waals surface area contributed by atoms with Crippen LogP contribution in [-0.4, -0.2) is 52.1 Å². The van der Waals surface area contributed by atoms with Gasteiger partial charge in [-0.1, -0.05) is 56.2 Å². The maximum atomic E-state index is 14.5. The standard InChI is InChI=1S/C32H45N3O5/c1-8-9-16-33-29(37)28(25-15-10-20(2)17-21(25)3)35(27-18-22(27)4)30(38)26(34-31(39)40-32(5,6)7)19-23-11-13-24(36)14-12-23/h10-15,17,22,26-28,36H,8-9,16,18-19H2,1-7H3,(H,33,37)(H,34,39). The minimum absolute atomic E-state index is 0.110. The molecule has 3 rings (SSSR count). The molecular weight excluding hydrogens is 506 g/mol. The number of carbonyl (C=O) groups is 3. The maximum absolute atomic E-state index is 14.5. The van der Waals surface area contributed by atoms with Gasteiger partial charge in [-0.3, -0.25) is 9.59 Å². The average molecular weight is 552 g/mol. The Labute approximate surface area is 238 Å². The summed E-state index contributed by atoms with van der Waals surface area (Å²) in [5, 5.41) is 15.6. The molecular formula is C32H45N3O5. The topological polar surface area (TPSA) is 108 Å². The van der Waals surface area contributed by atoms with E-state index in [0.29, 0.717) is 6.54 Å². The Morgan fingerprint density at radius 2 is 1.75 bits per heavy atom. The molecule has 0 saturated heterocycles. The van der Waals surface area contributed by atoms with Gasteiger partial charge in [-0.25, -0.2) is 4.79 Å². The van der Waals surface area contributed by atoms with Crippen molar-refractivity contribution in [3.8, 4) is 5.75 Å². The number of aromatic hydroxyl groups is 1. The number of unbranched alkanes of at least 4 members (excludes halogenated alkanes) is 1. The third-order valence-electron chi connectivity index (χ3n) is 7.12. The molecule has 40 heavy (non-hydrogen) atoms. The first-order valence-electron chi connectivity index (χ1n) is 14.2. The summed E-state index contributed by atoms with van der Waals surface area (Å²) in [6.07, 6.45) is 2.01. The highest BCUT2D eigenvalue weighted by atomic mass is 16.6. The Hall–Kier alpha value is -3.55. The van der Waals surface area contributed by atoms with Crippen molar-refractivity contribution in [3.63, 3.8) is 0 Å².